The lowest BCUT2D eigenvalue weighted by Gasteiger charge is -2.12. The summed E-state index contributed by atoms with van der Waals surface area (Å²) in [5.74, 6) is 0. The highest BCUT2D eigenvalue weighted by atomic mass is 14.9. The Morgan fingerprint density at radius 1 is 0.846 bits per heavy atom. The zero-order valence-electron chi connectivity index (χ0n) is 15.7. The monoisotopic (exact) mass is 339 g/mol. The molecule has 0 aliphatic carbocycles. The van der Waals surface area contributed by atoms with Gasteiger partial charge in [-0.15, -0.1) is 0 Å². The Morgan fingerprint density at radius 3 is 2.46 bits per heavy atom. The highest BCUT2D eigenvalue weighted by Gasteiger charge is 2.20. The summed E-state index contributed by atoms with van der Waals surface area (Å²) in [7, 11) is 2.15. The molecule has 0 atom stereocenters. The van der Waals surface area contributed by atoms with E-state index >= 15 is 0 Å². The van der Waals surface area contributed by atoms with Crippen LogP contribution >= 0.6 is 0 Å². The number of hydrogen-bond donors (Lipinski definition) is 0. The van der Waals surface area contributed by atoms with Gasteiger partial charge in [0.15, 0.2) is 5.69 Å². The van der Waals surface area contributed by atoms with E-state index in [4.69, 9.17) is 0 Å². The number of nitrogens with zero attached hydrogens (tertiary/aromatic N) is 2. The smallest absolute Gasteiger partial charge is 0.220 e. The first-order chi connectivity index (χ1) is 12.5. The van der Waals surface area contributed by atoms with Crippen molar-refractivity contribution in [3.8, 4) is 22.4 Å². The number of hydrogen-bond acceptors (Lipinski definition) is 1. The number of aromatic nitrogens is 2. The molecular weight excluding hydrogens is 316 g/mol. The zero-order chi connectivity index (χ0) is 18.3. The maximum absolute atomic E-state index is 4.26. The molecule has 0 unspecified atom stereocenters. The van der Waals surface area contributed by atoms with Gasteiger partial charge in [-0.3, -0.25) is 4.98 Å². The van der Waals surface area contributed by atoms with Crippen molar-refractivity contribution in [2.75, 3.05) is 0 Å². The molecule has 0 aliphatic heterocycles. The second-order valence-corrected chi connectivity index (χ2v) is 7.06. The maximum Gasteiger partial charge on any atom is 0.220 e. The van der Waals surface area contributed by atoms with E-state index in [1.807, 2.05) is 18.5 Å². The summed E-state index contributed by atoms with van der Waals surface area (Å²) in [5.41, 5.74) is 8.76. The van der Waals surface area contributed by atoms with Crippen molar-refractivity contribution in [2.45, 2.75) is 20.8 Å². The Kier molecular flexibility index (Phi) is 4.04. The molecule has 2 heterocycles. The number of benzene rings is 2. The van der Waals surface area contributed by atoms with Crippen LogP contribution in [0.1, 0.15) is 16.8 Å². The van der Waals surface area contributed by atoms with Crippen LogP contribution in [0.4, 0.5) is 0 Å². The molecule has 4 aromatic rings. The van der Waals surface area contributed by atoms with Crippen LogP contribution in [0, 0.1) is 20.8 Å². The van der Waals surface area contributed by atoms with E-state index < -0.39 is 0 Å². The van der Waals surface area contributed by atoms with Gasteiger partial charge in [-0.25, -0.2) is 0 Å². The summed E-state index contributed by atoms with van der Waals surface area (Å²) in [6.07, 6.45) is 3.73. The van der Waals surface area contributed by atoms with Gasteiger partial charge in [0.05, 0.1) is 5.39 Å². The third-order valence-electron chi connectivity index (χ3n) is 5.18. The topological polar surface area (TPSA) is 16.8 Å². The van der Waals surface area contributed by atoms with Crippen LogP contribution in [0.5, 0.6) is 0 Å². The lowest BCUT2D eigenvalue weighted by Crippen LogP contribution is -2.35. The van der Waals surface area contributed by atoms with Crippen molar-refractivity contribution in [3.05, 3.63) is 83.8 Å². The van der Waals surface area contributed by atoms with Gasteiger partial charge in [-0.1, -0.05) is 29.8 Å². The van der Waals surface area contributed by atoms with E-state index in [1.165, 1.54) is 44.4 Å². The van der Waals surface area contributed by atoms with E-state index in [2.05, 4.69) is 85.9 Å². The molecule has 0 aliphatic rings. The first-order valence-corrected chi connectivity index (χ1v) is 8.96. The van der Waals surface area contributed by atoms with Gasteiger partial charge in [0.1, 0.15) is 7.05 Å². The molecule has 26 heavy (non-hydrogen) atoms. The Balaban J connectivity index is 2.01. The number of pyridine rings is 2. The summed E-state index contributed by atoms with van der Waals surface area (Å²) < 4.78 is 2.30. The van der Waals surface area contributed by atoms with Crippen LogP contribution in [0.15, 0.2) is 67.0 Å². The van der Waals surface area contributed by atoms with E-state index in [0.29, 0.717) is 0 Å². The molecular formula is C24H23N2+. The number of aryl methyl sites for hydroxylation is 3. The normalized spacial score (nSPS) is 11.1. The van der Waals surface area contributed by atoms with Crippen molar-refractivity contribution in [3.63, 3.8) is 0 Å². The molecule has 128 valence electrons. The van der Waals surface area contributed by atoms with Gasteiger partial charge in [0.2, 0.25) is 5.69 Å². The van der Waals surface area contributed by atoms with Crippen molar-refractivity contribution in [1.29, 1.82) is 0 Å². The first-order valence-electron chi connectivity index (χ1n) is 8.96. The average molecular weight is 339 g/mol. The molecule has 2 aromatic heterocycles. The highest BCUT2D eigenvalue weighted by molar-refractivity contribution is 5.96. The molecule has 2 nitrogen and oxygen atoms in total. The minimum absolute atomic E-state index is 1.15. The summed E-state index contributed by atoms with van der Waals surface area (Å²) >= 11 is 0. The first kappa shape index (κ1) is 16.5. The lowest BCUT2D eigenvalue weighted by atomic mass is 9.95. The maximum atomic E-state index is 4.26. The van der Waals surface area contributed by atoms with E-state index in [1.54, 1.807) is 0 Å². The van der Waals surface area contributed by atoms with Gasteiger partial charge in [-0.05, 0) is 54.6 Å². The van der Waals surface area contributed by atoms with Crippen LogP contribution < -0.4 is 4.57 Å². The molecule has 4 rings (SSSR count). The van der Waals surface area contributed by atoms with Gasteiger partial charge in [-0.2, -0.15) is 4.57 Å². The molecule has 0 fully saturated rings. The standard InChI is InChI=1S/C24H23N2/c1-16-7-8-17(2)23(12-16)24-22-10-9-19(20-6-5-11-25-15-20)14-21(22)13-18(3)26(24)4/h5-15H,1-4H3/q+1. The van der Waals surface area contributed by atoms with Crippen LogP contribution in [0.25, 0.3) is 33.2 Å². The zero-order valence-corrected chi connectivity index (χ0v) is 15.7. The fraction of sp³-hybridized carbons (Fsp3) is 0.167. The predicted molar refractivity (Wildman–Crippen MR) is 108 cm³/mol. The van der Waals surface area contributed by atoms with Crippen molar-refractivity contribution >= 4 is 10.8 Å². The predicted octanol–water partition coefficient (Wildman–Crippen LogP) is 5.32. The Morgan fingerprint density at radius 2 is 1.69 bits per heavy atom. The summed E-state index contributed by atoms with van der Waals surface area (Å²) in [4.78, 5) is 4.26. The van der Waals surface area contributed by atoms with Crippen molar-refractivity contribution in [2.24, 2.45) is 7.05 Å². The summed E-state index contributed by atoms with van der Waals surface area (Å²) in [5, 5.41) is 2.54. The molecule has 0 radical (unpaired) electrons. The molecule has 0 saturated heterocycles. The van der Waals surface area contributed by atoms with Gasteiger partial charge in [0.25, 0.3) is 0 Å². The minimum atomic E-state index is 1.15. The van der Waals surface area contributed by atoms with Crippen LogP contribution in [-0.2, 0) is 7.05 Å². The molecule has 0 saturated carbocycles. The number of rotatable bonds is 2. The molecule has 0 amide bonds. The van der Waals surface area contributed by atoms with Gasteiger partial charge >= 0.3 is 0 Å². The van der Waals surface area contributed by atoms with Crippen LogP contribution in [0.3, 0.4) is 0 Å². The quantitative estimate of drug-likeness (QED) is 0.452. The number of fused-ring (bicyclic) bond motifs is 1. The van der Waals surface area contributed by atoms with Gasteiger partial charge < -0.3 is 0 Å². The Hall–Kier alpha value is -3.00. The van der Waals surface area contributed by atoms with Crippen LogP contribution in [-0.4, -0.2) is 4.98 Å². The SMILES string of the molecule is Cc1ccc(C)c(-c2c3ccc(-c4cccnc4)cc3cc(C)[n+]2C)c1. The molecule has 0 spiro atoms. The van der Waals surface area contributed by atoms with E-state index in [0.717, 1.165) is 5.56 Å². The molecule has 0 N–H and O–H groups in total. The third kappa shape index (κ3) is 2.78. The second-order valence-electron chi connectivity index (χ2n) is 7.06. The largest absolute Gasteiger partial charge is 0.264 e. The Bertz CT molecular complexity index is 1110. The Labute approximate surface area is 154 Å². The summed E-state index contributed by atoms with van der Waals surface area (Å²) in [6, 6.07) is 19.8. The minimum Gasteiger partial charge on any atom is -0.264 e. The highest BCUT2D eigenvalue weighted by Crippen LogP contribution is 2.32. The molecule has 0 bridgehead atoms. The lowest BCUT2D eigenvalue weighted by molar-refractivity contribution is -0.665. The van der Waals surface area contributed by atoms with Crippen molar-refractivity contribution < 1.29 is 4.57 Å². The van der Waals surface area contributed by atoms with E-state index in [-0.39, 0.29) is 0 Å². The summed E-state index contributed by atoms with van der Waals surface area (Å²) in [6.45, 7) is 6.51. The van der Waals surface area contributed by atoms with E-state index in [9.17, 15) is 0 Å². The average Bonchev–Trinajstić information content (AvgIpc) is 2.65. The van der Waals surface area contributed by atoms with Gasteiger partial charge in [0, 0.05) is 36.5 Å². The molecule has 2 heteroatoms. The van der Waals surface area contributed by atoms with Crippen molar-refractivity contribution in [1.82, 2.24) is 4.98 Å². The fourth-order valence-electron chi connectivity index (χ4n) is 3.61. The second kappa shape index (κ2) is 6.38. The fourth-order valence-corrected chi connectivity index (χ4v) is 3.61. The van der Waals surface area contributed by atoms with Crippen LogP contribution in [0.2, 0.25) is 0 Å². The molecule has 2 aromatic carbocycles. The third-order valence-corrected chi connectivity index (χ3v) is 5.18.